The fourth-order valence-corrected chi connectivity index (χ4v) is 2.85. The van der Waals surface area contributed by atoms with Gasteiger partial charge in [0.1, 0.15) is 11.6 Å². The topological polar surface area (TPSA) is 37.8 Å². The summed E-state index contributed by atoms with van der Waals surface area (Å²) in [7, 11) is 1.67. The van der Waals surface area contributed by atoms with Crippen LogP contribution in [0.5, 0.6) is 0 Å². The van der Waals surface area contributed by atoms with Crippen molar-refractivity contribution in [2.45, 2.75) is 25.8 Å². The van der Waals surface area contributed by atoms with Crippen LogP contribution < -0.4 is 5.32 Å². The van der Waals surface area contributed by atoms with Gasteiger partial charge in [-0.15, -0.1) is 5.10 Å². The second kappa shape index (κ2) is 6.16. The van der Waals surface area contributed by atoms with Crippen LogP contribution in [-0.2, 0) is 6.42 Å². The predicted octanol–water partition coefficient (Wildman–Crippen LogP) is 3.08. The van der Waals surface area contributed by atoms with Crippen LogP contribution in [0.1, 0.15) is 35.5 Å². The number of nitrogens with zero attached hydrogens (tertiary/aromatic N) is 2. The largest absolute Gasteiger partial charge is 0.308 e. The molecule has 0 aliphatic carbocycles. The van der Waals surface area contributed by atoms with Crippen molar-refractivity contribution in [1.82, 2.24) is 14.9 Å². The van der Waals surface area contributed by atoms with E-state index >= 15 is 0 Å². The van der Waals surface area contributed by atoms with Gasteiger partial charge >= 0.3 is 0 Å². The molecule has 6 heteroatoms. The summed E-state index contributed by atoms with van der Waals surface area (Å²) in [6.45, 7) is 2.03. The highest BCUT2D eigenvalue weighted by atomic mass is 32.1. The third-order valence-electron chi connectivity index (χ3n) is 2.91. The highest BCUT2D eigenvalue weighted by Gasteiger charge is 2.25. The van der Waals surface area contributed by atoms with E-state index < -0.39 is 17.7 Å². The van der Waals surface area contributed by atoms with Gasteiger partial charge in [0.05, 0.1) is 16.6 Å². The van der Waals surface area contributed by atoms with E-state index in [4.69, 9.17) is 0 Å². The molecular weight excluding hydrogens is 268 g/mol. The maximum Gasteiger partial charge on any atom is 0.131 e. The highest BCUT2D eigenvalue weighted by Crippen LogP contribution is 2.30. The fourth-order valence-electron chi connectivity index (χ4n) is 2.04. The zero-order valence-electron chi connectivity index (χ0n) is 10.8. The predicted molar refractivity (Wildman–Crippen MR) is 71.2 cm³/mol. The molecule has 0 amide bonds. The molecule has 0 aliphatic heterocycles. The smallest absolute Gasteiger partial charge is 0.131 e. The third kappa shape index (κ3) is 2.79. The van der Waals surface area contributed by atoms with Crippen LogP contribution in [0.4, 0.5) is 8.78 Å². The van der Waals surface area contributed by atoms with Crippen LogP contribution in [0.2, 0.25) is 0 Å². The number of hydrogen-bond donors (Lipinski definition) is 1. The van der Waals surface area contributed by atoms with E-state index in [-0.39, 0.29) is 5.56 Å². The summed E-state index contributed by atoms with van der Waals surface area (Å²) >= 11 is 1.18. The first-order valence-electron chi connectivity index (χ1n) is 6.11. The second-order valence-electron chi connectivity index (χ2n) is 4.19. The van der Waals surface area contributed by atoms with E-state index in [2.05, 4.69) is 14.9 Å². The maximum atomic E-state index is 13.9. The van der Waals surface area contributed by atoms with Crippen molar-refractivity contribution < 1.29 is 8.78 Å². The molecule has 0 spiro atoms. The first-order chi connectivity index (χ1) is 9.19. The van der Waals surface area contributed by atoms with Crippen molar-refractivity contribution in [2.24, 2.45) is 0 Å². The molecule has 0 saturated heterocycles. The summed E-state index contributed by atoms with van der Waals surface area (Å²) in [5, 5.41) is 6.99. The summed E-state index contributed by atoms with van der Waals surface area (Å²) in [5.74, 6) is -1.12. The molecule has 1 unspecified atom stereocenters. The monoisotopic (exact) mass is 283 g/mol. The Kier molecular flexibility index (Phi) is 4.55. The summed E-state index contributed by atoms with van der Waals surface area (Å²) in [4.78, 5) is 0.772. The fraction of sp³-hybridized carbons (Fsp3) is 0.385. The average Bonchev–Trinajstić information content (AvgIpc) is 2.83. The van der Waals surface area contributed by atoms with Gasteiger partial charge in [-0.25, -0.2) is 8.78 Å². The van der Waals surface area contributed by atoms with Gasteiger partial charge in [-0.3, -0.25) is 0 Å². The van der Waals surface area contributed by atoms with Gasteiger partial charge in [-0.05, 0) is 37.1 Å². The van der Waals surface area contributed by atoms with Crippen molar-refractivity contribution in [3.63, 3.8) is 0 Å². The number of rotatable bonds is 5. The van der Waals surface area contributed by atoms with Crippen molar-refractivity contribution in [3.8, 4) is 0 Å². The van der Waals surface area contributed by atoms with Crippen LogP contribution in [0, 0.1) is 11.6 Å². The van der Waals surface area contributed by atoms with Crippen molar-refractivity contribution in [3.05, 3.63) is 46.0 Å². The lowest BCUT2D eigenvalue weighted by atomic mass is 10.0. The molecule has 0 fully saturated rings. The number of aryl methyl sites for hydroxylation is 1. The third-order valence-corrected chi connectivity index (χ3v) is 3.74. The lowest BCUT2D eigenvalue weighted by Gasteiger charge is -2.17. The molecule has 19 heavy (non-hydrogen) atoms. The molecule has 0 bridgehead atoms. The average molecular weight is 283 g/mol. The van der Waals surface area contributed by atoms with Crippen LogP contribution in [0.15, 0.2) is 18.2 Å². The van der Waals surface area contributed by atoms with Gasteiger partial charge in [-0.1, -0.05) is 23.9 Å². The lowest BCUT2D eigenvalue weighted by molar-refractivity contribution is 0.523. The summed E-state index contributed by atoms with van der Waals surface area (Å²) < 4.78 is 31.7. The van der Waals surface area contributed by atoms with Gasteiger partial charge in [0.15, 0.2) is 0 Å². The molecule has 1 aromatic heterocycles. The normalized spacial score (nSPS) is 12.6. The molecule has 1 N–H and O–H groups in total. The molecule has 3 nitrogen and oxygen atoms in total. The standard InChI is InChI=1S/C13H15F2N3S/c1-3-5-10-13(19-18-17-10)12(16-2)11-8(14)6-4-7-9(11)15/h4,6-7,12,16H,3,5H2,1-2H3. The molecule has 0 radical (unpaired) electrons. The van der Waals surface area contributed by atoms with Crippen molar-refractivity contribution in [2.75, 3.05) is 7.05 Å². The minimum atomic E-state index is -0.560. The number of benzene rings is 1. The molecule has 2 rings (SSSR count). The molecule has 2 aromatic rings. The van der Waals surface area contributed by atoms with E-state index in [0.717, 1.165) is 23.4 Å². The molecule has 102 valence electrons. The zero-order valence-corrected chi connectivity index (χ0v) is 11.6. The minimum absolute atomic E-state index is 0.0217. The van der Waals surface area contributed by atoms with Gasteiger partial charge in [0, 0.05) is 5.56 Å². The van der Waals surface area contributed by atoms with Gasteiger partial charge in [0.25, 0.3) is 0 Å². The molecule has 1 atom stereocenters. The number of nitrogens with one attached hydrogen (secondary N) is 1. The Morgan fingerprint density at radius 1 is 1.32 bits per heavy atom. The Balaban J connectivity index is 2.47. The maximum absolute atomic E-state index is 13.9. The van der Waals surface area contributed by atoms with E-state index in [1.54, 1.807) is 7.05 Å². The van der Waals surface area contributed by atoms with E-state index in [0.29, 0.717) is 0 Å². The van der Waals surface area contributed by atoms with Crippen molar-refractivity contribution in [1.29, 1.82) is 0 Å². The summed E-state index contributed by atoms with van der Waals surface area (Å²) in [6.07, 6.45) is 1.66. The Morgan fingerprint density at radius 3 is 2.58 bits per heavy atom. The van der Waals surface area contributed by atoms with Crippen molar-refractivity contribution >= 4 is 11.5 Å². The van der Waals surface area contributed by atoms with Crippen LogP contribution in [-0.4, -0.2) is 16.6 Å². The van der Waals surface area contributed by atoms with Gasteiger partial charge in [-0.2, -0.15) is 0 Å². The minimum Gasteiger partial charge on any atom is -0.308 e. The summed E-state index contributed by atoms with van der Waals surface area (Å²) in [6, 6.07) is 3.33. The van der Waals surface area contributed by atoms with Crippen LogP contribution >= 0.6 is 11.5 Å². The Bertz CT molecular complexity index is 536. The number of hydrogen-bond acceptors (Lipinski definition) is 4. The van der Waals surface area contributed by atoms with E-state index in [9.17, 15) is 8.78 Å². The van der Waals surface area contributed by atoms with E-state index in [1.165, 1.54) is 29.7 Å². The quantitative estimate of drug-likeness (QED) is 0.916. The lowest BCUT2D eigenvalue weighted by Crippen LogP contribution is -2.20. The Hall–Kier alpha value is -1.40. The van der Waals surface area contributed by atoms with E-state index in [1.807, 2.05) is 6.92 Å². The molecule has 1 aromatic carbocycles. The second-order valence-corrected chi connectivity index (χ2v) is 4.98. The highest BCUT2D eigenvalue weighted by molar-refractivity contribution is 7.05. The molecule has 1 heterocycles. The van der Waals surface area contributed by atoms with Crippen LogP contribution in [0.3, 0.4) is 0 Å². The molecule has 0 aliphatic rings. The number of aromatic nitrogens is 2. The van der Waals surface area contributed by atoms with Crippen LogP contribution in [0.25, 0.3) is 0 Å². The Labute approximate surface area is 114 Å². The Morgan fingerprint density at radius 2 is 2.00 bits per heavy atom. The first kappa shape index (κ1) is 14.0. The molecule has 0 saturated carbocycles. The van der Waals surface area contributed by atoms with Gasteiger partial charge in [0.2, 0.25) is 0 Å². The SMILES string of the molecule is CCCc1nnsc1C(NC)c1c(F)cccc1F. The van der Waals surface area contributed by atoms with Gasteiger partial charge < -0.3 is 5.32 Å². The molecular formula is C13H15F2N3S. The summed E-state index contributed by atoms with van der Waals surface area (Å²) in [5.41, 5.74) is 0.822. The number of halogens is 2. The zero-order chi connectivity index (χ0) is 13.8. The first-order valence-corrected chi connectivity index (χ1v) is 6.88.